The number of thiophene rings is 1. The van der Waals surface area contributed by atoms with Crippen LogP contribution in [-0.4, -0.2) is 11.7 Å². The molecule has 1 N–H and O–H groups in total. The van der Waals surface area contributed by atoms with E-state index in [9.17, 15) is 5.11 Å². The summed E-state index contributed by atoms with van der Waals surface area (Å²) in [5.74, 6) is 0.303. The third-order valence-electron chi connectivity index (χ3n) is 3.23. The highest BCUT2D eigenvalue weighted by Crippen LogP contribution is 2.23. The van der Waals surface area contributed by atoms with Gasteiger partial charge in [0.1, 0.15) is 0 Å². The van der Waals surface area contributed by atoms with Crippen molar-refractivity contribution in [2.24, 2.45) is 5.92 Å². The van der Waals surface area contributed by atoms with Crippen LogP contribution in [0.3, 0.4) is 0 Å². The number of benzene rings is 1. The fourth-order valence-electron chi connectivity index (χ4n) is 2.21. The van der Waals surface area contributed by atoms with E-state index in [1.165, 1.54) is 15.3 Å². The zero-order chi connectivity index (χ0) is 13.7. The summed E-state index contributed by atoms with van der Waals surface area (Å²) in [4.78, 5) is 2.81. The molecular formula is C16H19BrOS. The van der Waals surface area contributed by atoms with E-state index in [0.717, 1.165) is 23.7 Å². The first-order valence-electron chi connectivity index (χ1n) is 6.64. The molecule has 1 atom stereocenters. The van der Waals surface area contributed by atoms with Gasteiger partial charge >= 0.3 is 0 Å². The van der Waals surface area contributed by atoms with Gasteiger partial charge in [-0.15, -0.1) is 11.3 Å². The largest absolute Gasteiger partial charge is 0.396 e. The molecule has 1 heterocycles. The molecule has 0 saturated carbocycles. The monoisotopic (exact) mass is 338 g/mol. The Morgan fingerprint density at radius 1 is 1.16 bits per heavy atom. The molecule has 102 valence electrons. The van der Waals surface area contributed by atoms with E-state index >= 15 is 0 Å². The Bertz CT molecular complexity index is 521. The van der Waals surface area contributed by atoms with Gasteiger partial charge in [0.25, 0.3) is 0 Å². The number of aliphatic hydroxyl groups excluding tert-OH is 1. The van der Waals surface area contributed by atoms with Crippen LogP contribution in [0.5, 0.6) is 0 Å². The summed E-state index contributed by atoms with van der Waals surface area (Å²) in [5.41, 5.74) is 1.28. The summed E-state index contributed by atoms with van der Waals surface area (Å²) in [6, 6.07) is 12.7. The molecule has 0 radical (unpaired) electrons. The molecule has 0 bridgehead atoms. The van der Waals surface area contributed by atoms with Crippen molar-refractivity contribution in [1.82, 2.24) is 0 Å². The van der Waals surface area contributed by atoms with Crippen LogP contribution in [0.15, 0.2) is 40.9 Å². The number of aliphatic hydroxyl groups is 1. The first-order valence-corrected chi connectivity index (χ1v) is 8.25. The molecule has 0 saturated heterocycles. The van der Waals surface area contributed by atoms with Crippen LogP contribution in [-0.2, 0) is 19.3 Å². The number of aryl methyl sites for hydroxylation is 1. The van der Waals surface area contributed by atoms with Crippen molar-refractivity contribution in [3.8, 4) is 0 Å². The molecule has 0 amide bonds. The zero-order valence-corrected chi connectivity index (χ0v) is 13.5. The number of halogens is 1. The fourth-order valence-corrected chi connectivity index (χ4v) is 3.72. The summed E-state index contributed by atoms with van der Waals surface area (Å²) in [6.07, 6.45) is 2.99. The van der Waals surface area contributed by atoms with Gasteiger partial charge in [-0.05, 0) is 55.0 Å². The highest BCUT2D eigenvalue weighted by Gasteiger charge is 2.11. The summed E-state index contributed by atoms with van der Waals surface area (Å²) < 4.78 is 1.10. The second-order valence-electron chi connectivity index (χ2n) is 4.81. The molecule has 2 rings (SSSR count). The zero-order valence-electron chi connectivity index (χ0n) is 11.1. The minimum atomic E-state index is 0.242. The minimum Gasteiger partial charge on any atom is -0.396 e. The van der Waals surface area contributed by atoms with Crippen LogP contribution in [0, 0.1) is 5.92 Å². The van der Waals surface area contributed by atoms with Gasteiger partial charge in [0.15, 0.2) is 0 Å². The van der Waals surface area contributed by atoms with Crippen molar-refractivity contribution in [3.05, 3.63) is 56.2 Å². The lowest BCUT2D eigenvalue weighted by molar-refractivity contribution is 0.225. The maximum Gasteiger partial charge on any atom is 0.0465 e. The van der Waals surface area contributed by atoms with E-state index in [4.69, 9.17) is 0 Å². The Hall–Kier alpha value is -0.640. The Kier molecular flexibility index (Phi) is 5.61. The smallest absolute Gasteiger partial charge is 0.0465 e. The molecule has 19 heavy (non-hydrogen) atoms. The number of hydrogen-bond acceptors (Lipinski definition) is 2. The lowest BCUT2D eigenvalue weighted by Crippen LogP contribution is -2.12. The lowest BCUT2D eigenvalue weighted by Gasteiger charge is -2.13. The summed E-state index contributed by atoms with van der Waals surface area (Å²) in [6.45, 7) is 2.42. The Morgan fingerprint density at radius 3 is 2.58 bits per heavy atom. The van der Waals surface area contributed by atoms with Gasteiger partial charge in [0.2, 0.25) is 0 Å². The molecule has 1 aromatic heterocycles. The Labute approximate surface area is 127 Å². The topological polar surface area (TPSA) is 20.2 Å². The molecule has 2 aromatic rings. The fraction of sp³-hybridized carbons (Fsp3) is 0.375. The summed E-state index contributed by atoms with van der Waals surface area (Å²) >= 11 is 5.36. The Balaban J connectivity index is 2.00. The maximum absolute atomic E-state index is 9.57. The van der Waals surface area contributed by atoms with E-state index in [2.05, 4.69) is 47.1 Å². The van der Waals surface area contributed by atoms with Gasteiger partial charge < -0.3 is 5.11 Å². The highest BCUT2D eigenvalue weighted by atomic mass is 79.9. The molecular weight excluding hydrogens is 320 g/mol. The van der Waals surface area contributed by atoms with Crippen molar-refractivity contribution < 1.29 is 5.11 Å². The van der Waals surface area contributed by atoms with Gasteiger partial charge in [0.05, 0.1) is 0 Å². The predicted molar refractivity (Wildman–Crippen MR) is 85.8 cm³/mol. The third kappa shape index (κ3) is 4.44. The van der Waals surface area contributed by atoms with Gasteiger partial charge in [0, 0.05) is 20.8 Å². The van der Waals surface area contributed by atoms with E-state index in [1.807, 2.05) is 23.5 Å². The van der Waals surface area contributed by atoms with Crippen LogP contribution in [0.1, 0.15) is 22.2 Å². The van der Waals surface area contributed by atoms with E-state index in [1.54, 1.807) is 0 Å². The van der Waals surface area contributed by atoms with Gasteiger partial charge in [-0.25, -0.2) is 0 Å². The van der Waals surface area contributed by atoms with Crippen molar-refractivity contribution in [2.75, 3.05) is 6.61 Å². The third-order valence-corrected chi connectivity index (χ3v) is 4.97. The maximum atomic E-state index is 9.57. The van der Waals surface area contributed by atoms with Crippen LogP contribution in [0.2, 0.25) is 0 Å². The van der Waals surface area contributed by atoms with Crippen LogP contribution in [0.4, 0.5) is 0 Å². The molecule has 0 aliphatic heterocycles. The van der Waals surface area contributed by atoms with E-state index in [0.29, 0.717) is 5.92 Å². The average molecular weight is 339 g/mol. The van der Waals surface area contributed by atoms with Gasteiger partial charge in [-0.3, -0.25) is 0 Å². The Morgan fingerprint density at radius 2 is 1.95 bits per heavy atom. The van der Waals surface area contributed by atoms with Crippen LogP contribution >= 0.6 is 27.3 Å². The molecule has 1 aromatic carbocycles. The van der Waals surface area contributed by atoms with Gasteiger partial charge in [-0.1, -0.05) is 35.0 Å². The SMILES string of the molecule is CCc1ccc(CC(CO)Cc2cccc(Br)c2)s1. The normalized spacial score (nSPS) is 12.6. The second-order valence-corrected chi connectivity index (χ2v) is 6.98. The van der Waals surface area contributed by atoms with Crippen molar-refractivity contribution >= 4 is 27.3 Å². The van der Waals surface area contributed by atoms with Crippen molar-refractivity contribution in [2.45, 2.75) is 26.2 Å². The lowest BCUT2D eigenvalue weighted by atomic mass is 9.96. The first kappa shape index (κ1) is 14.8. The molecule has 1 unspecified atom stereocenters. The number of rotatable bonds is 6. The van der Waals surface area contributed by atoms with Crippen LogP contribution in [0.25, 0.3) is 0 Å². The van der Waals surface area contributed by atoms with E-state index < -0.39 is 0 Å². The standard InChI is InChI=1S/C16H19BrOS/c1-2-15-6-7-16(19-15)10-13(11-18)8-12-4-3-5-14(17)9-12/h3-7,9,13,18H,2,8,10-11H2,1H3. The molecule has 0 spiro atoms. The molecule has 0 fully saturated rings. The summed E-state index contributed by atoms with van der Waals surface area (Å²) in [5, 5.41) is 9.57. The van der Waals surface area contributed by atoms with Crippen molar-refractivity contribution in [3.63, 3.8) is 0 Å². The molecule has 0 aliphatic carbocycles. The molecule has 1 nitrogen and oxygen atoms in total. The molecule has 3 heteroatoms. The van der Waals surface area contributed by atoms with E-state index in [-0.39, 0.29) is 6.61 Å². The summed E-state index contributed by atoms with van der Waals surface area (Å²) in [7, 11) is 0. The molecule has 0 aliphatic rings. The average Bonchev–Trinajstić information content (AvgIpc) is 2.85. The van der Waals surface area contributed by atoms with Crippen molar-refractivity contribution in [1.29, 1.82) is 0 Å². The number of hydrogen-bond donors (Lipinski definition) is 1. The van der Waals surface area contributed by atoms with Crippen LogP contribution < -0.4 is 0 Å². The quantitative estimate of drug-likeness (QED) is 0.823. The van der Waals surface area contributed by atoms with Gasteiger partial charge in [-0.2, -0.15) is 0 Å². The highest BCUT2D eigenvalue weighted by molar-refractivity contribution is 9.10. The second kappa shape index (κ2) is 7.22. The predicted octanol–water partition coefficient (Wildman–Crippen LogP) is 4.47. The first-order chi connectivity index (χ1) is 9.21. The minimum absolute atomic E-state index is 0.242.